The van der Waals surface area contributed by atoms with Crippen molar-refractivity contribution in [2.24, 2.45) is 5.41 Å². The number of rotatable bonds is 3. The lowest BCUT2D eigenvalue weighted by Gasteiger charge is -2.35. The molecule has 0 aromatic rings. The van der Waals surface area contributed by atoms with Crippen molar-refractivity contribution in [2.45, 2.75) is 69.5 Å². The molecule has 1 aliphatic carbocycles. The monoisotopic (exact) mass is 254 g/mol. The highest BCUT2D eigenvalue weighted by atomic mass is 16.5. The second-order valence-corrected chi connectivity index (χ2v) is 6.69. The van der Waals surface area contributed by atoms with Crippen LogP contribution in [-0.2, 0) is 9.47 Å². The largest absolute Gasteiger partial charge is 0.396 e. The van der Waals surface area contributed by atoms with Crippen molar-refractivity contribution < 1.29 is 14.6 Å². The maximum atomic E-state index is 9.64. The van der Waals surface area contributed by atoms with Crippen molar-refractivity contribution in [3.63, 3.8) is 0 Å². The summed E-state index contributed by atoms with van der Waals surface area (Å²) in [5.41, 5.74) is 0.198. The summed E-state index contributed by atoms with van der Waals surface area (Å²) in [5, 5.41) is 9.64. The highest BCUT2D eigenvalue weighted by Gasteiger charge is 2.44. The zero-order valence-electron chi connectivity index (χ0n) is 11.3. The lowest BCUT2D eigenvalue weighted by Crippen LogP contribution is -2.35. The molecule has 1 N–H and O–H groups in total. The highest BCUT2D eigenvalue weighted by Crippen LogP contribution is 2.45. The van der Waals surface area contributed by atoms with Gasteiger partial charge >= 0.3 is 0 Å². The van der Waals surface area contributed by atoms with E-state index >= 15 is 0 Å². The first-order chi connectivity index (χ1) is 8.76. The molecule has 2 saturated heterocycles. The Bertz CT molecular complexity index is 277. The molecule has 3 aliphatic rings. The molecular weight excluding hydrogens is 228 g/mol. The third-order valence-electron chi connectivity index (χ3n) is 5.28. The van der Waals surface area contributed by atoms with Gasteiger partial charge in [-0.05, 0) is 38.5 Å². The number of ether oxygens (including phenoxy) is 2. The van der Waals surface area contributed by atoms with Gasteiger partial charge in [-0.25, -0.2) is 0 Å². The first kappa shape index (κ1) is 12.9. The Morgan fingerprint density at radius 1 is 1.06 bits per heavy atom. The Labute approximate surface area is 110 Å². The van der Waals surface area contributed by atoms with E-state index in [9.17, 15) is 5.11 Å². The second kappa shape index (κ2) is 5.10. The molecule has 3 rings (SSSR count). The molecule has 0 aromatic carbocycles. The van der Waals surface area contributed by atoms with Gasteiger partial charge in [0.05, 0.1) is 24.9 Å². The van der Waals surface area contributed by atoms with Gasteiger partial charge in [-0.1, -0.05) is 19.3 Å². The van der Waals surface area contributed by atoms with E-state index in [0.717, 1.165) is 26.1 Å². The Kier molecular flexibility index (Phi) is 3.65. The zero-order chi connectivity index (χ0) is 12.5. The topological polar surface area (TPSA) is 38.7 Å². The molecule has 3 nitrogen and oxygen atoms in total. The molecule has 0 aromatic heterocycles. The molecule has 2 aliphatic heterocycles. The lowest BCUT2D eigenvalue weighted by molar-refractivity contribution is -0.0818. The molecule has 0 bridgehead atoms. The van der Waals surface area contributed by atoms with Crippen LogP contribution in [0.1, 0.15) is 57.8 Å². The van der Waals surface area contributed by atoms with Gasteiger partial charge in [0.15, 0.2) is 0 Å². The third-order valence-corrected chi connectivity index (χ3v) is 5.28. The summed E-state index contributed by atoms with van der Waals surface area (Å²) >= 11 is 0. The van der Waals surface area contributed by atoms with Crippen LogP contribution in [0.5, 0.6) is 0 Å². The van der Waals surface area contributed by atoms with Crippen LogP contribution in [0.2, 0.25) is 0 Å². The van der Waals surface area contributed by atoms with Gasteiger partial charge < -0.3 is 14.6 Å². The molecule has 2 unspecified atom stereocenters. The van der Waals surface area contributed by atoms with Crippen LogP contribution in [0.15, 0.2) is 0 Å². The molecule has 3 heteroatoms. The number of aliphatic hydroxyl groups is 1. The summed E-state index contributed by atoms with van der Waals surface area (Å²) in [6, 6.07) is 0. The average Bonchev–Trinajstić information content (AvgIpc) is 3.00. The van der Waals surface area contributed by atoms with Gasteiger partial charge in [0.25, 0.3) is 0 Å². The predicted molar refractivity (Wildman–Crippen MR) is 69.5 cm³/mol. The average molecular weight is 254 g/mol. The Morgan fingerprint density at radius 3 is 2.56 bits per heavy atom. The van der Waals surface area contributed by atoms with E-state index in [1.165, 1.54) is 44.9 Å². The van der Waals surface area contributed by atoms with Crippen molar-refractivity contribution in [2.75, 3.05) is 19.8 Å². The molecule has 104 valence electrons. The Morgan fingerprint density at radius 2 is 1.89 bits per heavy atom. The van der Waals surface area contributed by atoms with Crippen LogP contribution in [0.25, 0.3) is 0 Å². The first-order valence-corrected chi connectivity index (χ1v) is 7.62. The fourth-order valence-corrected chi connectivity index (χ4v) is 4.09. The number of hydrogen-bond donors (Lipinski definition) is 1. The van der Waals surface area contributed by atoms with E-state index in [4.69, 9.17) is 9.47 Å². The smallest absolute Gasteiger partial charge is 0.0687 e. The molecule has 1 saturated carbocycles. The van der Waals surface area contributed by atoms with Crippen LogP contribution in [0.4, 0.5) is 0 Å². The minimum absolute atomic E-state index is 0.00906. The standard InChI is InChI=1S/C15H26O3/c16-11-14(8-9-17-12-14)10-13-4-7-15(18-13)5-2-1-3-6-15/h13,16H,1-12H2. The van der Waals surface area contributed by atoms with E-state index in [1.54, 1.807) is 0 Å². The summed E-state index contributed by atoms with van der Waals surface area (Å²) in [6.07, 6.45) is 11.3. The van der Waals surface area contributed by atoms with E-state index in [2.05, 4.69) is 0 Å². The molecule has 1 spiro atoms. The molecule has 18 heavy (non-hydrogen) atoms. The molecular formula is C15H26O3. The van der Waals surface area contributed by atoms with Crippen molar-refractivity contribution in [1.29, 1.82) is 0 Å². The maximum absolute atomic E-state index is 9.64. The van der Waals surface area contributed by atoms with Crippen LogP contribution in [-0.4, -0.2) is 36.6 Å². The summed E-state index contributed by atoms with van der Waals surface area (Å²) in [7, 11) is 0. The van der Waals surface area contributed by atoms with Gasteiger partial charge in [-0.2, -0.15) is 0 Å². The molecule has 3 fully saturated rings. The second-order valence-electron chi connectivity index (χ2n) is 6.69. The third kappa shape index (κ3) is 2.45. The minimum Gasteiger partial charge on any atom is -0.396 e. The van der Waals surface area contributed by atoms with Gasteiger partial charge in [0, 0.05) is 12.0 Å². The number of hydrogen-bond acceptors (Lipinski definition) is 3. The maximum Gasteiger partial charge on any atom is 0.0687 e. The number of aliphatic hydroxyl groups excluding tert-OH is 1. The summed E-state index contributed by atoms with van der Waals surface area (Å²) in [6.45, 7) is 1.77. The molecule has 2 heterocycles. The van der Waals surface area contributed by atoms with Crippen molar-refractivity contribution in [1.82, 2.24) is 0 Å². The summed E-state index contributed by atoms with van der Waals surface area (Å²) < 4.78 is 11.9. The summed E-state index contributed by atoms with van der Waals surface area (Å²) in [4.78, 5) is 0. The van der Waals surface area contributed by atoms with Crippen LogP contribution >= 0.6 is 0 Å². The Balaban J connectivity index is 1.58. The predicted octanol–water partition coefficient (Wildman–Crippen LogP) is 2.66. The molecule has 0 radical (unpaired) electrons. The van der Waals surface area contributed by atoms with E-state index in [0.29, 0.717) is 6.10 Å². The van der Waals surface area contributed by atoms with E-state index in [-0.39, 0.29) is 17.6 Å². The lowest BCUT2D eigenvalue weighted by atomic mass is 9.81. The van der Waals surface area contributed by atoms with Gasteiger partial charge in [-0.3, -0.25) is 0 Å². The van der Waals surface area contributed by atoms with Crippen LogP contribution < -0.4 is 0 Å². The van der Waals surface area contributed by atoms with E-state index in [1.807, 2.05) is 0 Å². The quantitative estimate of drug-likeness (QED) is 0.841. The first-order valence-electron chi connectivity index (χ1n) is 7.62. The fraction of sp³-hybridized carbons (Fsp3) is 1.00. The van der Waals surface area contributed by atoms with Crippen LogP contribution in [0.3, 0.4) is 0 Å². The molecule has 0 amide bonds. The zero-order valence-corrected chi connectivity index (χ0v) is 11.3. The minimum atomic E-state index is -0.00906. The van der Waals surface area contributed by atoms with Crippen molar-refractivity contribution in [3.05, 3.63) is 0 Å². The SMILES string of the molecule is OCC1(CC2CCC3(CCCCC3)O2)CCOC1. The summed E-state index contributed by atoms with van der Waals surface area (Å²) in [5.74, 6) is 0. The molecule has 2 atom stereocenters. The van der Waals surface area contributed by atoms with Crippen LogP contribution in [0, 0.1) is 5.41 Å². The van der Waals surface area contributed by atoms with Gasteiger partial charge in [-0.15, -0.1) is 0 Å². The highest BCUT2D eigenvalue weighted by molar-refractivity contribution is 4.94. The van der Waals surface area contributed by atoms with Crippen molar-refractivity contribution in [3.8, 4) is 0 Å². The van der Waals surface area contributed by atoms with Crippen molar-refractivity contribution >= 4 is 0 Å². The Hall–Kier alpha value is -0.120. The van der Waals surface area contributed by atoms with E-state index < -0.39 is 0 Å². The van der Waals surface area contributed by atoms with Gasteiger partial charge in [0.1, 0.15) is 0 Å². The fourth-order valence-electron chi connectivity index (χ4n) is 4.09. The van der Waals surface area contributed by atoms with Gasteiger partial charge in [0.2, 0.25) is 0 Å². The normalized spacial score (nSPS) is 39.5.